The summed E-state index contributed by atoms with van der Waals surface area (Å²) in [5.74, 6) is -0.319. The standard InChI is InChI=1S/C18H20N2O3/c1-10-3-6-13(19-9-10)20-16(21)14-11-4-5-12(18(11)7-8-18)15(14)17(22)23-2/h3-6,9,11-12,14-15H,7-8H2,1-2H3,(H,19,20,21)/t11-,12+,14+,15+/m0/s1. The number of nitrogens with one attached hydrogen (secondary N) is 1. The molecule has 3 aliphatic rings. The van der Waals surface area contributed by atoms with Gasteiger partial charge in [-0.25, -0.2) is 4.98 Å². The Morgan fingerprint density at radius 3 is 2.48 bits per heavy atom. The van der Waals surface area contributed by atoms with E-state index in [0.29, 0.717) is 5.82 Å². The molecule has 1 heterocycles. The Hall–Kier alpha value is -2.17. The molecule has 0 saturated heterocycles. The molecule has 1 aromatic rings. The van der Waals surface area contributed by atoms with Crippen LogP contribution >= 0.6 is 0 Å². The number of pyridine rings is 1. The molecule has 120 valence electrons. The molecule has 1 amide bonds. The predicted molar refractivity (Wildman–Crippen MR) is 84.4 cm³/mol. The summed E-state index contributed by atoms with van der Waals surface area (Å²) in [4.78, 5) is 29.4. The van der Waals surface area contributed by atoms with Crippen LogP contribution in [0.4, 0.5) is 5.82 Å². The van der Waals surface area contributed by atoms with E-state index in [4.69, 9.17) is 4.74 Å². The van der Waals surface area contributed by atoms with E-state index in [1.807, 2.05) is 13.0 Å². The van der Waals surface area contributed by atoms with Gasteiger partial charge in [-0.05, 0) is 48.6 Å². The molecule has 1 spiro atoms. The first-order chi connectivity index (χ1) is 11.1. The number of carbonyl (C=O) groups excluding carboxylic acids is 2. The average molecular weight is 312 g/mol. The first-order valence-electron chi connectivity index (χ1n) is 8.06. The van der Waals surface area contributed by atoms with E-state index in [0.717, 1.165) is 18.4 Å². The molecule has 0 radical (unpaired) electrons. The van der Waals surface area contributed by atoms with Gasteiger partial charge < -0.3 is 10.1 Å². The van der Waals surface area contributed by atoms with Gasteiger partial charge in [-0.1, -0.05) is 18.2 Å². The number of hydrogen-bond donors (Lipinski definition) is 1. The second kappa shape index (κ2) is 4.91. The number of aromatic nitrogens is 1. The number of ether oxygens (including phenoxy) is 1. The van der Waals surface area contributed by atoms with Crippen LogP contribution in [-0.4, -0.2) is 24.0 Å². The summed E-state index contributed by atoms with van der Waals surface area (Å²) in [6.45, 7) is 1.95. The summed E-state index contributed by atoms with van der Waals surface area (Å²) in [5.41, 5.74) is 1.16. The molecule has 5 heteroatoms. The molecule has 0 aromatic carbocycles. The summed E-state index contributed by atoms with van der Waals surface area (Å²) in [6.07, 6.45) is 8.15. The highest BCUT2D eigenvalue weighted by Gasteiger charge is 2.70. The van der Waals surface area contributed by atoms with Crippen molar-refractivity contribution in [1.29, 1.82) is 0 Å². The van der Waals surface area contributed by atoms with Crippen molar-refractivity contribution in [1.82, 2.24) is 4.98 Å². The number of carbonyl (C=O) groups is 2. The summed E-state index contributed by atoms with van der Waals surface area (Å²) >= 11 is 0. The van der Waals surface area contributed by atoms with Crippen molar-refractivity contribution in [3.63, 3.8) is 0 Å². The Balaban J connectivity index is 1.61. The van der Waals surface area contributed by atoms with Gasteiger partial charge in [0.15, 0.2) is 0 Å². The summed E-state index contributed by atoms with van der Waals surface area (Å²) in [6, 6.07) is 3.69. The van der Waals surface area contributed by atoms with Gasteiger partial charge in [0.1, 0.15) is 5.82 Å². The van der Waals surface area contributed by atoms with Crippen molar-refractivity contribution in [2.24, 2.45) is 29.1 Å². The van der Waals surface area contributed by atoms with Crippen LogP contribution in [0.5, 0.6) is 0 Å². The molecule has 0 aliphatic heterocycles. The number of aryl methyl sites for hydroxylation is 1. The quantitative estimate of drug-likeness (QED) is 0.687. The first kappa shape index (κ1) is 14.4. The fourth-order valence-electron chi connectivity index (χ4n) is 4.56. The minimum Gasteiger partial charge on any atom is -0.469 e. The Morgan fingerprint density at radius 2 is 1.91 bits per heavy atom. The highest BCUT2D eigenvalue weighted by atomic mass is 16.5. The third-order valence-corrected chi connectivity index (χ3v) is 5.78. The predicted octanol–water partition coefficient (Wildman–Crippen LogP) is 2.33. The SMILES string of the molecule is COC(=O)[C@H]1[C@H](C(=O)Nc2ccc(C)cn2)[C@@H]2C=C[C@H]1C21CC1. The van der Waals surface area contributed by atoms with Crippen LogP contribution in [0.3, 0.4) is 0 Å². The molecule has 1 N–H and O–H groups in total. The topological polar surface area (TPSA) is 68.3 Å². The number of nitrogens with zero attached hydrogens (tertiary/aromatic N) is 1. The van der Waals surface area contributed by atoms with E-state index >= 15 is 0 Å². The number of methoxy groups -OCH3 is 1. The van der Waals surface area contributed by atoms with Crippen LogP contribution < -0.4 is 5.32 Å². The molecular formula is C18H20N2O3. The third-order valence-electron chi connectivity index (χ3n) is 5.78. The van der Waals surface area contributed by atoms with Crippen molar-refractivity contribution < 1.29 is 14.3 Å². The zero-order chi connectivity index (χ0) is 16.2. The van der Waals surface area contributed by atoms with Crippen LogP contribution in [0.1, 0.15) is 18.4 Å². The lowest BCUT2D eigenvalue weighted by Gasteiger charge is -2.24. The van der Waals surface area contributed by atoms with Gasteiger partial charge in [0, 0.05) is 6.20 Å². The molecule has 23 heavy (non-hydrogen) atoms. The van der Waals surface area contributed by atoms with Crippen molar-refractivity contribution in [2.75, 3.05) is 12.4 Å². The van der Waals surface area contributed by atoms with E-state index in [9.17, 15) is 9.59 Å². The van der Waals surface area contributed by atoms with Gasteiger partial charge in [0.2, 0.25) is 5.91 Å². The number of allylic oxidation sites excluding steroid dienone is 2. The largest absolute Gasteiger partial charge is 0.469 e. The summed E-state index contributed by atoms with van der Waals surface area (Å²) in [5, 5.41) is 2.88. The number of rotatable bonds is 3. The number of amides is 1. The lowest BCUT2D eigenvalue weighted by Crippen LogP contribution is -2.37. The van der Waals surface area contributed by atoms with E-state index in [1.54, 1.807) is 12.3 Å². The van der Waals surface area contributed by atoms with E-state index in [-0.39, 0.29) is 41.0 Å². The molecule has 2 bridgehead atoms. The normalized spacial score (nSPS) is 32.1. The Bertz CT molecular complexity index is 691. The van der Waals surface area contributed by atoms with Crippen LogP contribution in [-0.2, 0) is 14.3 Å². The Morgan fingerprint density at radius 1 is 1.22 bits per heavy atom. The summed E-state index contributed by atoms with van der Waals surface area (Å²) in [7, 11) is 1.40. The molecule has 0 unspecified atom stereocenters. The molecule has 3 aliphatic carbocycles. The van der Waals surface area contributed by atoms with Crippen LogP contribution in [0.2, 0.25) is 0 Å². The lowest BCUT2D eigenvalue weighted by atomic mass is 9.82. The van der Waals surface area contributed by atoms with Crippen LogP contribution in [0.15, 0.2) is 30.5 Å². The molecule has 4 atom stereocenters. The van der Waals surface area contributed by atoms with E-state index < -0.39 is 0 Å². The maximum absolute atomic E-state index is 12.8. The summed E-state index contributed by atoms with van der Waals surface area (Å²) < 4.78 is 4.99. The van der Waals surface area contributed by atoms with Crippen molar-refractivity contribution in [3.05, 3.63) is 36.0 Å². The van der Waals surface area contributed by atoms with Gasteiger partial charge in [-0.3, -0.25) is 9.59 Å². The van der Waals surface area contributed by atoms with Crippen molar-refractivity contribution in [3.8, 4) is 0 Å². The van der Waals surface area contributed by atoms with Gasteiger partial charge in [-0.2, -0.15) is 0 Å². The molecule has 4 rings (SSSR count). The molecule has 5 nitrogen and oxygen atoms in total. The number of anilines is 1. The Labute approximate surface area is 135 Å². The molecule has 2 fully saturated rings. The minimum absolute atomic E-state index is 0.125. The monoisotopic (exact) mass is 312 g/mol. The highest BCUT2D eigenvalue weighted by Crippen LogP contribution is 2.72. The maximum Gasteiger partial charge on any atom is 0.310 e. The first-order valence-corrected chi connectivity index (χ1v) is 8.06. The van der Waals surface area contributed by atoms with Crippen molar-refractivity contribution >= 4 is 17.7 Å². The smallest absolute Gasteiger partial charge is 0.310 e. The molecule has 1 aromatic heterocycles. The fourth-order valence-corrected chi connectivity index (χ4v) is 4.56. The minimum atomic E-state index is -0.372. The second-order valence-corrected chi connectivity index (χ2v) is 6.95. The van der Waals surface area contributed by atoms with E-state index in [2.05, 4.69) is 22.5 Å². The van der Waals surface area contributed by atoms with Crippen LogP contribution in [0.25, 0.3) is 0 Å². The number of hydrogen-bond acceptors (Lipinski definition) is 4. The lowest BCUT2D eigenvalue weighted by molar-refractivity contribution is -0.150. The third kappa shape index (κ3) is 2.02. The highest BCUT2D eigenvalue weighted by molar-refractivity contribution is 5.96. The zero-order valence-electron chi connectivity index (χ0n) is 13.3. The Kier molecular flexibility index (Phi) is 3.08. The van der Waals surface area contributed by atoms with Gasteiger partial charge >= 0.3 is 5.97 Å². The average Bonchev–Trinajstić information content (AvgIpc) is 3.22. The second-order valence-electron chi connectivity index (χ2n) is 6.95. The zero-order valence-corrected chi connectivity index (χ0v) is 13.3. The maximum atomic E-state index is 12.8. The van der Waals surface area contributed by atoms with Gasteiger partial charge in [-0.15, -0.1) is 0 Å². The van der Waals surface area contributed by atoms with Gasteiger partial charge in [0.05, 0.1) is 18.9 Å². The molecule has 2 saturated carbocycles. The fraction of sp³-hybridized carbons (Fsp3) is 0.500. The number of esters is 1. The van der Waals surface area contributed by atoms with Crippen LogP contribution in [0, 0.1) is 36.0 Å². The van der Waals surface area contributed by atoms with Gasteiger partial charge in [0.25, 0.3) is 0 Å². The molecular weight excluding hydrogens is 292 g/mol. The van der Waals surface area contributed by atoms with E-state index in [1.165, 1.54) is 7.11 Å². The van der Waals surface area contributed by atoms with Crippen molar-refractivity contribution in [2.45, 2.75) is 19.8 Å².